The van der Waals surface area contributed by atoms with Gasteiger partial charge in [-0.3, -0.25) is 0 Å². The molecule has 0 fully saturated rings. The molecule has 1 aromatic carbocycles. The molecule has 1 N–H and O–H groups in total. The number of carbonyl (C=O) groups is 1. The number of carbonyl (C=O) groups excluding carboxylic acids is 1. The van der Waals surface area contributed by atoms with E-state index in [1.54, 1.807) is 0 Å². The van der Waals surface area contributed by atoms with Crippen LogP contribution in [0.25, 0.3) is 0 Å². The molecular formula is C8H6BrClO3. The first-order chi connectivity index (χ1) is 6.06. The summed E-state index contributed by atoms with van der Waals surface area (Å²) in [5.74, 6) is -0.627. The number of hydrogen-bond acceptors (Lipinski definition) is 3. The minimum Gasteiger partial charge on any atom is -0.508 e. The fourth-order valence-electron chi connectivity index (χ4n) is 0.833. The van der Waals surface area contributed by atoms with Crippen molar-refractivity contribution < 1.29 is 14.6 Å². The average Bonchev–Trinajstić information content (AvgIpc) is 2.10. The lowest BCUT2D eigenvalue weighted by molar-refractivity contribution is 0.0600. The zero-order chi connectivity index (χ0) is 10.0. The van der Waals surface area contributed by atoms with Crippen LogP contribution in [0.5, 0.6) is 5.75 Å². The second kappa shape index (κ2) is 3.98. The normalized spacial score (nSPS) is 9.77. The zero-order valence-electron chi connectivity index (χ0n) is 6.67. The van der Waals surface area contributed by atoms with Crippen LogP contribution in [0, 0.1) is 0 Å². The highest BCUT2D eigenvalue weighted by Gasteiger charge is 2.14. The first-order valence-electron chi connectivity index (χ1n) is 3.32. The molecule has 0 aromatic heterocycles. The van der Waals surface area contributed by atoms with Gasteiger partial charge in [-0.1, -0.05) is 11.6 Å². The molecule has 0 aliphatic rings. The largest absolute Gasteiger partial charge is 0.508 e. The van der Waals surface area contributed by atoms with Gasteiger partial charge in [-0.15, -0.1) is 0 Å². The molecule has 0 saturated heterocycles. The van der Waals surface area contributed by atoms with Crippen LogP contribution in [-0.4, -0.2) is 18.2 Å². The number of phenols is 1. The molecule has 0 saturated carbocycles. The third kappa shape index (κ3) is 2.14. The van der Waals surface area contributed by atoms with E-state index in [0.717, 1.165) is 0 Å². The second-order valence-corrected chi connectivity index (χ2v) is 3.51. The number of esters is 1. The molecule has 0 atom stereocenters. The van der Waals surface area contributed by atoms with Crippen molar-refractivity contribution in [3.8, 4) is 5.75 Å². The van der Waals surface area contributed by atoms with E-state index in [1.165, 1.54) is 19.2 Å². The van der Waals surface area contributed by atoms with Gasteiger partial charge >= 0.3 is 5.97 Å². The van der Waals surface area contributed by atoms with Crippen LogP contribution in [0.1, 0.15) is 10.4 Å². The summed E-state index contributed by atoms with van der Waals surface area (Å²) in [6, 6.07) is 2.65. The van der Waals surface area contributed by atoms with Crippen molar-refractivity contribution in [1.82, 2.24) is 0 Å². The molecule has 70 valence electrons. The lowest BCUT2D eigenvalue weighted by atomic mass is 10.2. The van der Waals surface area contributed by atoms with Crippen LogP contribution < -0.4 is 0 Å². The van der Waals surface area contributed by atoms with Gasteiger partial charge in [0.1, 0.15) is 5.75 Å². The monoisotopic (exact) mass is 264 g/mol. The van der Waals surface area contributed by atoms with Gasteiger partial charge in [-0.2, -0.15) is 0 Å². The van der Waals surface area contributed by atoms with E-state index < -0.39 is 5.97 Å². The van der Waals surface area contributed by atoms with Gasteiger partial charge in [0.15, 0.2) is 0 Å². The highest BCUT2D eigenvalue weighted by atomic mass is 79.9. The Balaban J connectivity index is 3.28. The summed E-state index contributed by atoms with van der Waals surface area (Å²) < 4.78 is 4.93. The Labute approximate surface area is 88.4 Å². The zero-order valence-corrected chi connectivity index (χ0v) is 9.02. The Morgan fingerprint density at radius 1 is 1.62 bits per heavy atom. The van der Waals surface area contributed by atoms with E-state index in [-0.39, 0.29) is 16.3 Å². The van der Waals surface area contributed by atoms with Gasteiger partial charge in [0.2, 0.25) is 0 Å². The van der Waals surface area contributed by atoms with E-state index in [4.69, 9.17) is 16.7 Å². The molecular weight excluding hydrogens is 259 g/mol. The minimum atomic E-state index is -0.582. The fourth-order valence-corrected chi connectivity index (χ4v) is 1.47. The lowest BCUT2D eigenvalue weighted by Crippen LogP contribution is -2.02. The van der Waals surface area contributed by atoms with Gasteiger partial charge in [0.25, 0.3) is 0 Å². The molecule has 0 amide bonds. The highest BCUT2D eigenvalue weighted by Crippen LogP contribution is 2.30. The van der Waals surface area contributed by atoms with Crippen molar-refractivity contribution in [1.29, 1.82) is 0 Å². The molecule has 1 aromatic rings. The lowest BCUT2D eigenvalue weighted by Gasteiger charge is -2.04. The van der Waals surface area contributed by atoms with Crippen LogP contribution in [0.4, 0.5) is 0 Å². The number of ether oxygens (including phenoxy) is 1. The van der Waals surface area contributed by atoms with Crippen molar-refractivity contribution >= 4 is 33.5 Å². The van der Waals surface area contributed by atoms with Gasteiger partial charge in [0.05, 0.1) is 17.7 Å². The number of benzene rings is 1. The summed E-state index contributed by atoms with van der Waals surface area (Å²) in [6.45, 7) is 0. The Kier molecular flexibility index (Phi) is 3.17. The molecule has 13 heavy (non-hydrogen) atoms. The van der Waals surface area contributed by atoms with Crippen LogP contribution in [0.15, 0.2) is 16.6 Å². The quantitative estimate of drug-likeness (QED) is 0.794. The molecule has 0 aliphatic carbocycles. The maximum absolute atomic E-state index is 11.1. The summed E-state index contributed by atoms with van der Waals surface area (Å²) in [7, 11) is 1.25. The summed E-state index contributed by atoms with van der Waals surface area (Å²) in [5.41, 5.74) is 0.135. The molecule has 3 nitrogen and oxygen atoms in total. The number of halogens is 2. The number of hydrogen-bond donors (Lipinski definition) is 1. The Morgan fingerprint density at radius 3 is 2.77 bits per heavy atom. The van der Waals surface area contributed by atoms with Gasteiger partial charge < -0.3 is 9.84 Å². The number of methoxy groups -OCH3 is 1. The maximum Gasteiger partial charge on any atom is 0.339 e. The average molecular weight is 265 g/mol. The maximum atomic E-state index is 11.1. The van der Waals surface area contributed by atoms with Crippen LogP contribution in [0.3, 0.4) is 0 Å². The van der Waals surface area contributed by atoms with Crippen molar-refractivity contribution in [3.63, 3.8) is 0 Å². The summed E-state index contributed by atoms with van der Waals surface area (Å²) in [4.78, 5) is 11.1. The molecule has 5 heteroatoms. The molecule has 0 heterocycles. The van der Waals surface area contributed by atoms with Crippen molar-refractivity contribution in [2.75, 3.05) is 7.11 Å². The highest BCUT2D eigenvalue weighted by molar-refractivity contribution is 9.10. The SMILES string of the molecule is COC(=O)c1cc(O)cc(Br)c1Cl. The molecule has 1 rings (SSSR count). The minimum absolute atomic E-state index is 0.0447. The van der Waals surface area contributed by atoms with E-state index in [1.807, 2.05) is 0 Å². The predicted molar refractivity (Wildman–Crippen MR) is 52.2 cm³/mol. The smallest absolute Gasteiger partial charge is 0.339 e. The van der Waals surface area contributed by atoms with Crippen LogP contribution in [0.2, 0.25) is 5.02 Å². The van der Waals surface area contributed by atoms with Gasteiger partial charge in [-0.25, -0.2) is 4.79 Å². The molecule has 0 unspecified atom stereocenters. The van der Waals surface area contributed by atoms with Crippen LogP contribution >= 0.6 is 27.5 Å². The van der Waals surface area contributed by atoms with Crippen molar-refractivity contribution in [3.05, 3.63) is 27.2 Å². The standard InChI is InChI=1S/C8H6BrClO3/c1-13-8(12)5-2-4(11)3-6(9)7(5)10/h2-3,11H,1H3. The number of rotatable bonds is 1. The Morgan fingerprint density at radius 2 is 2.23 bits per heavy atom. The van der Waals surface area contributed by atoms with Gasteiger partial charge in [-0.05, 0) is 28.1 Å². The Bertz CT molecular complexity index is 351. The Hall–Kier alpha value is -0.740. The predicted octanol–water partition coefficient (Wildman–Crippen LogP) is 2.59. The van der Waals surface area contributed by atoms with Crippen molar-refractivity contribution in [2.24, 2.45) is 0 Å². The third-order valence-corrected chi connectivity index (χ3v) is 2.68. The number of phenolic OH excluding ortho intramolecular Hbond substituents is 1. The third-order valence-electron chi connectivity index (χ3n) is 1.42. The topological polar surface area (TPSA) is 46.5 Å². The molecule has 0 spiro atoms. The molecule has 0 aliphatic heterocycles. The number of aromatic hydroxyl groups is 1. The summed E-state index contributed by atoms with van der Waals surface area (Å²) >= 11 is 8.87. The van der Waals surface area contributed by atoms with Gasteiger partial charge in [0, 0.05) is 4.47 Å². The van der Waals surface area contributed by atoms with E-state index in [9.17, 15) is 4.79 Å². The second-order valence-electron chi connectivity index (χ2n) is 2.28. The molecule has 0 bridgehead atoms. The van der Waals surface area contributed by atoms with E-state index in [0.29, 0.717) is 4.47 Å². The van der Waals surface area contributed by atoms with Crippen molar-refractivity contribution in [2.45, 2.75) is 0 Å². The van der Waals surface area contributed by atoms with Crippen LogP contribution in [-0.2, 0) is 4.74 Å². The molecule has 0 radical (unpaired) electrons. The first kappa shape index (κ1) is 10.3. The summed E-state index contributed by atoms with van der Waals surface area (Å²) in [6.07, 6.45) is 0. The van der Waals surface area contributed by atoms with E-state index in [2.05, 4.69) is 20.7 Å². The summed E-state index contributed by atoms with van der Waals surface area (Å²) in [5, 5.41) is 9.39. The van der Waals surface area contributed by atoms with E-state index >= 15 is 0 Å². The fraction of sp³-hybridized carbons (Fsp3) is 0.125. The first-order valence-corrected chi connectivity index (χ1v) is 4.49.